The van der Waals surface area contributed by atoms with Gasteiger partial charge in [0.1, 0.15) is 0 Å². The van der Waals surface area contributed by atoms with Crippen LogP contribution in [-0.4, -0.2) is 16.1 Å². The standard InChI is InChI=1S/C13H11Cl2NO2/c1-7-6-8(2-5-11(17)18)12-9(14)3-4-10(15)13(12)16-7/h3-4,6H,2,5H2,1H3,(H,17,18). The fraction of sp³-hybridized carbons (Fsp3) is 0.231. The van der Waals surface area contributed by atoms with Crippen LogP contribution < -0.4 is 0 Å². The number of benzene rings is 1. The van der Waals surface area contributed by atoms with E-state index in [1.54, 1.807) is 12.1 Å². The molecule has 5 heteroatoms. The Labute approximate surface area is 114 Å². The van der Waals surface area contributed by atoms with Crippen LogP contribution in [0, 0.1) is 6.92 Å². The minimum absolute atomic E-state index is 0.0569. The molecule has 18 heavy (non-hydrogen) atoms. The summed E-state index contributed by atoms with van der Waals surface area (Å²) in [6.07, 6.45) is 0.469. The highest BCUT2D eigenvalue weighted by Crippen LogP contribution is 2.32. The van der Waals surface area contributed by atoms with Crippen LogP contribution in [0.15, 0.2) is 18.2 Å². The highest BCUT2D eigenvalue weighted by molar-refractivity contribution is 6.40. The van der Waals surface area contributed by atoms with Crippen molar-refractivity contribution in [1.29, 1.82) is 0 Å². The second kappa shape index (κ2) is 5.12. The molecule has 0 bridgehead atoms. The molecule has 0 saturated heterocycles. The van der Waals surface area contributed by atoms with Gasteiger partial charge >= 0.3 is 5.97 Å². The average Bonchev–Trinajstić information content (AvgIpc) is 2.30. The van der Waals surface area contributed by atoms with Gasteiger partial charge in [0, 0.05) is 17.5 Å². The summed E-state index contributed by atoms with van der Waals surface area (Å²) in [5.74, 6) is -0.837. The van der Waals surface area contributed by atoms with E-state index in [1.165, 1.54) is 0 Å². The first kappa shape index (κ1) is 13.1. The average molecular weight is 284 g/mol. The van der Waals surface area contributed by atoms with Crippen LogP contribution in [0.4, 0.5) is 0 Å². The summed E-state index contributed by atoms with van der Waals surface area (Å²) in [6.45, 7) is 1.85. The number of hydrogen-bond acceptors (Lipinski definition) is 2. The molecule has 1 aromatic heterocycles. The number of nitrogens with zero attached hydrogens (tertiary/aromatic N) is 1. The first-order valence-electron chi connectivity index (χ1n) is 5.45. The van der Waals surface area contributed by atoms with Crippen LogP contribution >= 0.6 is 23.2 Å². The van der Waals surface area contributed by atoms with Crippen molar-refractivity contribution in [3.05, 3.63) is 39.5 Å². The molecule has 0 aliphatic rings. The molecule has 0 aliphatic heterocycles. The topological polar surface area (TPSA) is 50.2 Å². The van der Waals surface area contributed by atoms with Crippen molar-refractivity contribution in [2.45, 2.75) is 19.8 Å². The lowest BCUT2D eigenvalue weighted by molar-refractivity contribution is -0.136. The quantitative estimate of drug-likeness (QED) is 0.930. The number of carboxylic acid groups (broad SMARTS) is 1. The minimum atomic E-state index is -0.837. The Kier molecular flexibility index (Phi) is 3.73. The monoisotopic (exact) mass is 283 g/mol. The van der Waals surface area contributed by atoms with Crippen LogP contribution in [0.5, 0.6) is 0 Å². The Balaban J connectivity index is 2.64. The zero-order valence-corrected chi connectivity index (χ0v) is 11.2. The predicted octanol–water partition coefficient (Wildman–Crippen LogP) is 3.87. The van der Waals surface area contributed by atoms with Gasteiger partial charge in [0.05, 0.1) is 15.6 Å². The zero-order valence-electron chi connectivity index (χ0n) is 9.70. The third-order valence-electron chi connectivity index (χ3n) is 2.68. The van der Waals surface area contributed by atoms with E-state index in [9.17, 15) is 4.79 Å². The Hall–Kier alpha value is -1.32. The highest BCUT2D eigenvalue weighted by atomic mass is 35.5. The molecule has 0 spiro atoms. The van der Waals surface area contributed by atoms with Crippen molar-refractivity contribution in [3.8, 4) is 0 Å². The molecule has 0 saturated carbocycles. The van der Waals surface area contributed by atoms with Gasteiger partial charge in [0.25, 0.3) is 0 Å². The van der Waals surface area contributed by atoms with Crippen LogP contribution in [0.3, 0.4) is 0 Å². The van der Waals surface area contributed by atoms with Crippen molar-refractivity contribution < 1.29 is 9.90 Å². The molecule has 2 rings (SSSR count). The van der Waals surface area contributed by atoms with E-state index < -0.39 is 5.97 Å². The summed E-state index contributed by atoms with van der Waals surface area (Å²) in [4.78, 5) is 15.0. The number of aromatic nitrogens is 1. The molecule has 0 unspecified atom stereocenters. The first-order valence-corrected chi connectivity index (χ1v) is 6.20. The lowest BCUT2D eigenvalue weighted by Gasteiger charge is -2.09. The van der Waals surface area contributed by atoms with E-state index in [2.05, 4.69) is 4.98 Å². The van der Waals surface area contributed by atoms with Crippen molar-refractivity contribution >= 4 is 40.1 Å². The van der Waals surface area contributed by atoms with Gasteiger partial charge in [-0.05, 0) is 37.1 Å². The second-order valence-corrected chi connectivity index (χ2v) is 4.88. The fourth-order valence-electron chi connectivity index (χ4n) is 1.93. The second-order valence-electron chi connectivity index (χ2n) is 4.07. The van der Waals surface area contributed by atoms with Crippen LogP contribution in [0.25, 0.3) is 10.9 Å². The van der Waals surface area contributed by atoms with Crippen molar-refractivity contribution in [1.82, 2.24) is 4.98 Å². The molecule has 0 aliphatic carbocycles. The molecule has 1 aromatic carbocycles. The van der Waals surface area contributed by atoms with Gasteiger partial charge in [0.2, 0.25) is 0 Å². The molecule has 94 valence electrons. The van der Waals surface area contributed by atoms with Gasteiger partial charge in [0.15, 0.2) is 0 Å². The van der Waals surface area contributed by atoms with Crippen molar-refractivity contribution in [2.75, 3.05) is 0 Å². The number of aliphatic carboxylic acids is 1. The smallest absolute Gasteiger partial charge is 0.303 e. The number of rotatable bonds is 3. The zero-order chi connectivity index (χ0) is 13.3. The fourth-order valence-corrected chi connectivity index (χ4v) is 2.40. The Bertz CT molecular complexity index is 626. The van der Waals surface area contributed by atoms with Crippen molar-refractivity contribution in [2.24, 2.45) is 0 Å². The Morgan fingerprint density at radius 3 is 2.67 bits per heavy atom. The van der Waals surface area contributed by atoms with Gasteiger partial charge in [-0.1, -0.05) is 23.2 Å². The molecule has 0 atom stereocenters. The summed E-state index contributed by atoms with van der Waals surface area (Å²) >= 11 is 12.3. The van der Waals surface area contributed by atoms with Crippen LogP contribution in [0.2, 0.25) is 10.0 Å². The number of aryl methyl sites for hydroxylation is 2. The molecule has 2 aromatic rings. The summed E-state index contributed by atoms with van der Waals surface area (Å²) in [6, 6.07) is 5.25. The van der Waals surface area contributed by atoms with Crippen LogP contribution in [-0.2, 0) is 11.2 Å². The maximum absolute atomic E-state index is 10.7. The Morgan fingerprint density at radius 2 is 2.00 bits per heavy atom. The largest absolute Gasteiger partial charge is 0.481 e. The summed E-state index contributed by atoms with van der Waals surface area (Å²) in [5.41, 5.74) is 2.30. The molecule has 3 nitrogen and oxygen atoms in total. The maximum Gasteiger partial charge on any atom is 0.303 e. The van der Waals surface area contributed by atoms with E-state index >= 15 is 0 Å². The van der Waals surface area contributed by atoms with E-state index in [1.807, 2.05) is 13.0 Å². The van der Waals surface area contributed by atoms with E-state index in [-0.39, 0.29) is 6.42 Å². The van der Waals surface area contributed by atoms with Gasteiger partial charge < -0.3 is 5.11 Å². The molecular formula is C13H11Cl2NO2. The number of fused-ring (bicyclic) bond motifs is 1. The molecule has 0 amide bonds. The number of pyridine rings is 1. The summed E-state index contributed by atoms with van der Waals surface area (Å²) in [7, 11) is 0. The van der Waals surface area contributed by atoms with Gasteiger partial charge in [-0.25, -0.2) is 0 Å². The Morgan fingerprint density at radius 1 is 1.33 bits per heavy atom. The summed E-state index contributed by atoms with van der Waals surface area (Å²) in [5, 5.41) is 10.6. The first-order chi connectivity index (χ1) is 8.49. The SMILES string of the molecule is Cc1cc(CCC(=O)O)c2c(Cl)ccc(Cl)c2n1. The third kappa shape index (κ3) is 2.57. The van der Waals surface area contributed by atoms with E-state index in [0.29, 0.717) is 22.0 Å². The molecule has 0 radical (unpaired) electrons. The molecule has 1 heterocycles. The number of carbonyl (C=O) groups is 1. The number of carboxylic acids is 1. The normalized spacial score (nSPS) is 10.8. The van der Waals surface area contributed by atoms with E-state index in [4.69, 9.17) is 28.3 Å². The molecular weight excluding hydrogens is 273 g/mol. The molecule has 0 fully saturated rings. The number of halogens is 2. The lowest BCUT2D eigenvalue weighted by atomic mass is 10.0. The highest BCUT2D eigenvalue weighted by Gasteiger charge is 2.12. The predicted molar refractivity (Wildman–Crippen MR) is 72.5 cm³/mol. The lowest BCUT2D eigenvalue weighted by Crippen LogP contribution is -2.00. The van der Waals surface area contributed by atoms with Gasteiger partial charge in [-0.15, -0.1) is 0 Å². The van der Waals surface area contributed by atoms with Crippen molar-refractivity contribution in [3.63, 3.8) is 0 Å². The molecule has 1 N–H and O–H groups in total. The minimum Gasteiger partial charge on any atom is -0.481 e. The summed E-state index contributed by atoms with van der Waals surface area (Å²) < 4.78 is 0. The third-order valence-corrected chi connectivity index (χ3v) is 3.30. The van der Waals surface area contributed by atoms with Gasteiger partial charge in [-0.2, -0.15) is 0 Å². The number of hydrogen-bond donors (Lipinski definition) is 1. The van der Waals surface area contributed by atoms with E-state index in [0.717, 1.165) is 16.6 Å². The maximum atomic E-state index is 10.7. The van der Waals surface area contributed by atoms with Gasteiger partial charge in [-0.3, -0.25) is 9.78 Å². The van der Waals surface area contributed by atoms with Crippen LogP contribution in [0.1, 0.15) is 17.7 Å².